The van der Waals surface area contributed by atoms with E-state index in [1.54, 1.807) is 0 Å². The molecule has 1 aromatic rings. The third kappa shape index (κ3) is 3.90. The van der Waals surface area contributed by atoms with Crippen LogP contribution in [0.5, 0.6) is 0 Å². The van der Waals surface area contributed by atoms with Gasteiger partial charge in [0.2, 0.25) is 0 Å². The molecule has 0 saturated heterocycles. The van der Waals surface area contributed by atoms with E-state index in [9.17, 15) is 0 Å². The topological polar surface area (TPSA) is 47.0 Å². The monoisotopic (exact) mass is 265 g/mol. The summed E-state index contributed by atoms with van der Waals surface area (Å²) in [6, 6.07) is 0. The SMILES string of the molecule is CCNc1nc(C(OCC)C(C)C)nc(C)c1CC. The normalized spacial score (nSPS) is 12.8. The van der Waals surface area contributed by atoms with Gasteiger partial charge < -0.3 is 10.1 Å². The molecule has 0 aliphatic heterocycles. The molecule has 0 bridgehead atoms. The minimum absolute atomic E-state index is 0.0352. The van der Waals surface area contributed by atoms with Crippen LogP contribution in [0.3, 0.4) is 0 Å². The maximum absolute atomic E-state index is 5.80. The van der Waals surface area contributed by atoms with Gasteiger partial charge in [-0.05, 0) is 33.1 Å². The highest BCUT2D eigenvalue weighted by molar-refractivity contribution is 5.46. The Morgan fingerprint density at radius 2 is 1.84 bits per heavy atom. The van der Waals surface area contributed by atoms with Crippen molar-refractivity contribution in [3.05, 3.63) is 17.1 Å². The summed E-state index contributed by atoms with van der Waals surface area (Å²) in [4.78, 5) is 9.34. The molecule has 0 saturated carbocycles. The molecule has 0 spiro atoms. The zero-order chi connectivity index (χ0) is 14.4. The molecule has 1 unspecified atom stereocenters. The number of hydrogen-bond donors (Lipinski definition) is 1. The van der Waals surface area contributed by atoms with Crippen molar-refractivity contribution < 1.29 is 4.74 Å². The van der Waals surface area contributed by atoms with Crippen molar-refractivity contribution in [2.75, 3.05) is 18.5 Å². The number of hydrogen-bond acceptors (Lipinski definition) is 4. The van der Waals surface area contributed by atoms with E-state index < -0.39 is 0 Å². The van der Waals surface area contributed by atoms with Crippen LogP contribution in [0.1, 0.15) is 57.8 Å². The molecule has 0 fully saturated rings. The Bertz CT molecular complexity index is 405. The summed E-state index contributed by atoms with van der Waals surface area (Å²) in [5.74, 6) is 2.11. The third-order valence-electron chi connectivity index (χ3n) is 3.14. The zero-order valence-electron chi connectivity index (χ0n) is 13.1. The van der Waals surface area contributed by atoms with Crippen molar-refractivity contribution in [1.82, 2.24) is 9.97 Å². The highest BCUT2D eigenvalue weighted by Gasteiger charge is 2.21. The first-order valence-electron chi connectivity index (χ1n) is 7.27. The van der Waals surface area contributed by atoms with Crippen LogP contribution in [-0.2, 0) is 11.2 Å². The Kier molecular flexibility index (Phi) is 6.22. The lowest BCUT2D eigenvalue weighted by atomic mass is 10.1. The lowest BCUT2D eigenvalue weighted by Crippen LogP contribution is -2.18. The van der Waals surface area contributed by atoms with Crippen LogP contribution in [0.4, 0.5) is 5.82 Å². The van der Waals surface area contributed by atoms with Gasteiger partial charge in [0.05, 0.1) is 0 Å². The average Bonchev–Trinajstić information content (AvgIpc) is 2.35. The Hall–Kier alpha value is -1.16. The standard InChI is InChI=1S/C15H27N3O/c1-7-12-11(6)17-15(18-14(12)16-8-2)13(10(4)5)19-9-3/h10,13H,7-9H2,1-6H3,(H,16,17,18). The Balaban J connectivity index is 3.20. The lowest BCUT2D eigenvalue weighted by molar-refractivity contribution is 0.0231. The molecule has 1 aromatic heterocycles. The second-order valence-electron chi connectivity index (χ2n) is 5.00. The maximum atomic E-state index is 5.80. The number of rotatable bonds is 7. The number of nitrogens with one attached hydrogen (secondary N) is 1. The van der Waals surface area contributed by atoms with Crippen molar-refractivity contribution >= 4 is 5.82 Å². The summed E-state index contributed by atoms with van der Waals surface area (Å²) in [5.41, 5.74) is 2.25. The summed E-state index contributed by atoms with van der Waals surface area (Å²) < 4.78 is 5.80. The first-order chi connectivity index (χ1) is 9.04. The van der Waals surface area contributed by atoms with Gasteiger partial charge in [0.1, 0.15) is 11.9 Å². The Morgan fingerprint density at radius 1 is 1.16 bits per heavy atom. The second-order valence-corrected chi connectivity index (χ2v) is 5.00. The fraction of sp³-hybridized carbons (Fsp3) is 0.733. The molecular weight excluding hydrogens is 238 g/mol. The lowest BCUT2D eigenvalue weighted by Gasteiger charge is -2.21. The van der Waals surface area contributed by atoms with Crippen LogP contribution >= 0.6 is 0 Å². The van der Waals surface area contributed by atoms with Crippen molar-refractivity contribution in [3.8, 4) is 0 Å². The van der Waals surface area contributed by atoms with E-state index in [0.717, 1.165) is 30.3 Å². The van der Waals surface area contributed by atoms with Crippen LogP contribution in [0, 0.1) is 12.8 Å². The molecule has 108 valence electrons. The first-order valence-corrected chi connectivity index (χ1v) is 7.27. The minimum Gasteiger partial charge on any atom is -0.370 e. The van der Waals surface area contributed by atoms with E-state index in [0.29, 0.717) is 12.5 Å². The fourth-order valence-corrected chi connectivity index (χ4v) is 2.23. The van der Waals surface area contributed by atoms with E-state index in [1.807, 2.05) is 13.8 Å². The summed E-state index contributed by atoms with van der Waals surface area (Å²) in [6.07, 6.45) is 0.905. The largest absolute Gasteiger partial charge is 0.370 e. The highest BCUT2D eigenvalue weighted by atomic mass is 16.5. The smallest absolute Gasteiger partial charge is 0.160 e. The van der Waals surface area contributed by atoms with E-state index >= 15 is 0 Å². The predicted octanol–water partition coefficient (Wildman–Crippen LogP) is 3.51. The molecule has 1 atom stereocenters. The summed E-state index contributed by atoms with van der Waals surface area (Å²) in [6.45, 7) is 14.1. The number of anilines is 1. The number of aromatic nitrogens is 2. The number of ether oxygens (including phenoxy) is 1. The predicted molar refractivity (Wildman–Crippen MR) is 79.5 cm³/mol. The van der Waals surface area contributed by atoms with E-state index in [2.05, 4.69) is 43.0 Å². The van der Waals surface area contributed by atoms with Gasteiger partial charge in [-0.3, -0.25) is 0 Å². The molecule has 0 aromatic carbocycles. The molecular formula is C15H27N3O. The van der Waals surface area contributed by atoms with Gasteiger partial charge in [-0.15, -0.1) is 0 Å². The molecule has 1 N–H and O–H groups in total. The van der Waals surface area contributed by atoms with E-state index in [4.69, 9.17) is 4.74 Å². The maximum Gasteiger partial charge on any atom is 0.160 e. The minimum atomic E-state index is -0.0352. The average molecular weight is 265 g/mol. The molecule has 4 heteroatoms. The summed E-state index contributed by atoms with van der Waals surface area (Å²) in [7, 11) is 0. The number of aryl methyl sites for hydroxylation is 1. The van der Waals surface area contributed by atoms with Gasteiger partial charge in [0, 0.05) is 24.4 Å². The Labute approximate surface area is 117 Å². The van der Waals surface area contributed by atoms with Crippen LogP contribution in [0.2, 0.25) is 0 Å². The highest BCUT2D eigenvalue weighted by Crippen LogP contribution is 2.26. The Morgan fingerprint density at radius 3 is 2.32 bits per heavy atom. The van der Waals surface area contributed by atoms with Crippen molar-refractivity contribution in [2.45, 2.75) is 54.1 Å². The molecule has 19 heavy (non-hydrogen) atoms. The first kappa shape index (κ1) is 15.9. The molecule has 0 radical (unpaired) electrons. The summed E-state index contributed by atoms with van der Waals surface area (Å²) in [5, 5.41) is 3.34. The fourth-order valence-electron chi connectivity index (χ4n) is 2.23. The van der Waals surface area contributed by atoms with Crippen LogP contribution in [0.15, 0.2) is 0 Å². The third-order valence-corrected chi connectivity index (χ3v) is 3.14. The molecule has 0 amide bonds. The van der Waals surface area contributed by atoms with E-state index in [-0.39, 0.29) is 6.10 Å². The van der Waals surface area contributed by atoms with Gasteiger partial charge in [-0.1, -0.05) is 20.8 Å². The van der Waals surface area contributed by atoms with Crippen LogP contribution in [-0.4, -0.2) is 23.1 Å². The van der Waals surface area contributed by atoms with Gasteiger partial charge in [-0.25, -0.2) is 9.97 Å². The van der Waals surface area contributed by atoms with Crippen molar-refractivity contribution in [3.63, 3.8) is 0 Å². The summed E-state index contributed by atoms with van der Waals surface area (Å²) >= 11 is 0. The van der Waals surface area contributed by atoms with Crippen LogP contribution < -0.4 is 5.32 Å². The van der Waals surface area contributed by atoms with Gasteiger partial charge in [-0.2, -0.15) is 0 Å². The van der Waals surface area contributed by atoms with Crippen LogP contribution in [0.25, 0.3) is 0 Å². The molecule has 1 rings (SSSR count). The molecule has 4 nitrogen and oxygen atoms in total. The number of nitrogens with zero attached hydrogens (tertiary/aromatic N) is 2. The quantitative estimate of drug-likeness (QED) is 0.819. The van der Waals surface area contributed by atoms with Gasteiger partial charge >= 0.3 is 0 Å². The molecule has 0 aliphatic rings. The van der Waals surface area contributed by atoms with Gasteiger partial charge in [0.15, 0.2) is 5.82 Å². The van der Waals surface area contributed by atoms with Gasteiger partial charge in [0.25, 0.3) is 0 Å². The van der Waals surface area contributed by atoms with E-state index in [1.165, 1.54) is 5.56 Å². The molecule has 1 heterocycles. The van der Waals surface area contributed by atoms with Crippen molar-refractivity contribution in [1.29, 1.82) is 0 Å². The second kappa shape index (κ2) is 7.43. The zero-order valence-corrected chi connectivity index (χ0v) is 13.1. The van der Waals surface area contributed by atoms with Crippen molar-refractivity contribution in [2.24, 2.45) is 5.92 Å². The molecule has 0 aliphatic carbocycles.